The monoisotopic (exact) mass is 264 g/mol. The minimum atomic E-state index is -0.0854. The van der Waals surface area contributed by atoms with Crippen molar-refractivity contribution in [3.05, 3.63) is 34.6 Å². The second kappa shape index (κ2) is 5.30. The van der Waals surface area contributed by atoms with Crippen LogP contribution in [-0.2, 0) is 6.54 Å². The first-order chi connectivity index (χ1) is 8.56. The highest BCUT2D eigenvalue weighted by Gasteiger charge is 2.12. The van der Waals surface area contributed by atoms with Crippen molar-refractivity contribution in [3.8, 4) is 0 Å². The van der Waals surface area contributed by atoms with E-state index in [-0.39, 0.29) is 11.9 Å². The van der Waals surface area contributed by atoms with Crippen molar-refractivity contribution < 1.29 is 4.79 Å². The van der Waals surface area contributed by atoms with Gasteiger partial charge in [-0.3, -0.25) is 9.48 Å². The van der Waals surface area contributed by atoms with E-state index in [0.29, 0.717) is 12.1 Å². The van der Waals surface area contributed by atoms with Crippen LogP contribution in [0.15, 0.2) is 17.6 Å². The van der Waals surface area contributed by atoms with E-state index in [1.165, 1.54) is 11.5 Å². The lowest BCUT2D eigenvalue weighted by Crippen LogP contribution is -2.36. The zero-order valence-corrected chi connectivity index (χ0v) is 11.5. The van der Waals surface area contributed by atoms with E-state index in [1.807, 2.05) is 31.5 Å². The zero-order valence-electron chi connectivity index (χ0n) is 10.7. The zero-order chi connectivity index (χ0) is 13.1. The number of aromatic nitrogens is 3. The van der Waals surface area contributed by atoms with Gasteiger partial charge < -0.3 is 5.32 Å². The number of nitrogens with zero attached hydrogens (tertiary/aromatic N) is 3. The molecular weight excluding hydrogens is 248 g/mol. The predicted octanol–water partition coefficient (Wildman–Crippen LogP) is 1.77. The van der Waals surface area contributed by atoms with Crippen LogP contribution in [-0.4, -0.2) is 26.1 Å². The van der Waals surface area contributed by atoms with Gasteiger partial charge in [0, 0.05) is 17.1 Å². The van der Waals surface area contributed by atoms with Gasteiger partial charge in [-0.25, -0.2) is 4.37 Å². The Hall–Kier alpha value is -1.69. The molecule has 0 aliphatic carbocycles. The predicted molar refractivity (Wildman–Crippen MR) is 70.7 cm³/mol. The van der Waals surface area contributed by atoms with Crippen molar-refractivity contribution in [2.45, 2.75) is 33.4 Å². The normalized spacial score (nSPS) is 12.4. The number of aryl methyl sites for hydroxylation is 2. The number of amides is 1. The fraction of sp³-hybridized carbons (Fsp3) is 0.417. The van der Waals surface area contributed by atoms with Crippen LogP contribution in [0.3, 0.4) is 0 Å². The molecule has 2 aromatic heterocycles. The van der Waals surface area contributed by atoms with Gasteiger partial charge in [-0.15, -0.1) is 0 Å². The van der Waals surface area contributed by atoms with Crippen LogP contribution in [0, 0.1) is 13.8 Å². The van der Waals surface area contributed by atoms with Crippen LogP contribution in [0.4, 0.5) is 0 Å². The van der Waals surface area contributed by atoms with Crippen molar-refractivity contribution in [1.82, 2.24) is 19.5 Å². The van der Waals surface area contributed by atoms with Crippen molar-refractivity contribution in [2.75, 3.05) is 0 Å². The standard InChI is InChI=1S/C12H16N4OS/c1-8-4-10(3)16(15-8)6-9(2)14-12(17)11-5-13-18-7-11/h4-5,7,9H,6H2,1-3H3,(H,14,17). The van der Waals surface area contributed by atoms with Crippen LogP contribution in [0.1, 0.15) is 28.7 Å². The summed E-state index contributed by atoms with van der Waals surface area (Å²) < 4.78 is 5.82. The number of hydrogen-bond acceptors (Lipinski definition) is 4. The van der Waals surface area contributed by atoms with Gasteiger partial charge in [0.05, 0.1) is 24.0 Å². The molecule has 0 saturated heterocycles. The Morgan fingerprint density at radius 3 is 2.89 bits per heavy atom. The SMILES string of the molecule is Cc1cc(C)n(CC(C)NC(=O)c2cnsc2)n1. The number of carbonyl (C=O) groups excluding carboxylic acids is 1. The van der Waals surface area contributed by atoms with Gasteiger partial charge in [0.15, 0.2) is 0 Å². The topological polar surface area (TPSA) is 59.8 Å². The summed E-state index contributed by atoms with van der Waals surface area (Å²) in [7, 11) is 0. The highest BCUT2D eigenvalue weighted by atomic mass is 32.1. The highest BCUT2D eigenvalue weighted by molar-refractivity contribution is 7.03. The smallest absolute Gasteiger partial charge is 0.254 e. The molecule has 0 fully saturated rings. The Balaban J connectivity index is 1.95. The molecule has 1 unspecified atom stereocenters. The average molecular weight is 264 g/mol. The molecule has 0 saturated carbocycles. The summed E-state index contributed by atoms with van der Waals surface area (Å²) in [6, 6.07) is 2.05. The van der Waals surface area contributed by atoms with Crippen LogP contribution >= 0.6 is 11.5 Å². The highest BCUT2D eigenvalue weighted by Crippen LogP contribution is 2.05. The van der Waals surface area contributed by atoms with E-state index >= 15 is 0 Å². The first-order valence-corrected chi connectivity index (χ1v) is 6.61. The molecule has 2 heterocycles. The summed E-state index contributed by atoms with van der Waals surface area (Å²) in [5.74, 6) is -0.0854. The largest absolute Gasteiger partial charge is 0.348 e. The second-order valence-corrected chi connectivity index (χ2v) is 5.05. The lowest BCUT2D eigenvalue weighted by atomic mass is 10.3. The molecule has 0 aromatic carbocycles. The fourth-order valence-electron chi connectivity index (χ4n) is 1.79. The molecule has 1 amide bonds. The van der Waals surface area contributed by atoms with Crippen LogP contribution in [0.5, 0.6) is 0 Å². The second-order valence-electron chi connectivity index (χ2n) is 4.40. The molecule has 1 atom stereocenters. The molecule has 2 rings (SSSR count). The molecule has 1 N–H and O–H groups in total. The van der Waals surface area contributed by atoms with E-state index < -0.39 is 0 Å². The van der Waals surface area contributed by atoms with Gasteiger partial charge in [0.1, 0.15) is 0 Å². The number of carbonyl (C=O) groups is 1. The first kappa shape index (κ1) is 12.8. The maximum atomic E-state index is 11.8. The third kappa shape index (κ3) is 2.95. The third-order valence-electron chi connectivity index (χ3n) is 2.62. The molecule has 96 valence electrons. The Morgan fingerprint density at radius 1 is 1.56 bits per heavy atom. The van der Waals surface area contributed by atoms with Crippen LogP contribution < -0.4 is 5.32 Å². The maximum Gasteiger partial charge on any atom is 0.254 e. The summed E-state index contributed by atoms with van der Waals surface area (Å²) in [6.07, 6.45) is 1.58. The Labute approximate surface area is 110 Å². The molecule has 0 spiro atoms. The maximum absolute atomic E-state index is 11.8. The van der Waals surface area contributed by atoms with Crippen LogP contribution in [0.25, 0.3) is 0 Å². The molecule has 2 aromatic rings. The lowest BCUT2D eigenvalue weighted by Gasteiger charge is -2.14. The molecular formula is C12H16N4OS. The Kier molecular flexibility index (Phi) is 3.76. The van der Waals surface area contributed by atoms with Crippen molar-refractivity contribution in [2.24, 2.45) is 0 Å². The summed E-state index contributed by atoms with van der Waals surface area (Å²) in [4.78, 5) is 11.8. The molecule has 18 heavy (non-hydrogen) atoms. The van der Waals surface area contributed by atoms with Gasteiger partial charge in [-0.2, -0.15) is 5.10 Å². The van der Waals surface area contributed by atoms with Gasteiger partial charge in [0.25, 0.3) is 5.91 Å². The minimum absolute atomic E-state index is 0.0235. The summed E-state index contributed by atoms with van der Waals surface area (Å²) in [5.41, 5.74) is 2.71. The van der Waals surface area contributed by atoms with Crippen molar-refractivity contribution in [3.63, 3.8) is 0 Å². The number of hydrogen-bond donors (Lipinski definition) is 1. The van der Waals surface area contributed by atoms with E-state index in [4.69, 9.17) is 0 Å². The van der Waals surface area contributed by atoms with Gasteiger partial charge in [0.2, 0.25) is 0 Å². The number of nitrogens with one attached hydrogen (secondary N) is 1. The fourth-order valence-corrected chi connectivity index (χ4v) is 2.31. The molecule has 0 aliphatic rings. The molecule has 6 heteroatoms. The van der Waals surface area contributed by atoms with E-state index in [9.17, 15) is 4.79 Å². The van der Waals surface area contributed by atoms with E-state index in [0.717, 1.165) is 11.4 Å². The molecule has 5 nitrogen and oxygen atoms in total. The van der Waals surface area contributed by atoms with Crippen molar-refractivity contribution >= 4 is 17.4 Å². The third-order valence-corrected chi connectivity index (χ3v) is 3.21. The Bertz CT molecular complexity index is 532. The van der Waals surface area contributed by atoms with E-state index in [2.05, 4.69) is 14.8 Å². The molecule has 0 bridgehead atoms. The number of rotatable bonds is 4. The van der Waals surface area contributed by atoms with Crippen molar-refractivity contribution in [1.29, 1.82) is 0 Å². The summed E-state index contributed by atoms with van der Waals surface area (Å²) >= 11 is 1.28. The Morgan fingerprint density at radius 2 is 2.33 bits per heavy atom. The minimum Gasteiger partial charge on any atom is -0.348 e. The van der Waals surface area contributed by atoms with E-state index in [1.54, 1.807) is 11.6 Å². The first-order valence-electron chi connectivity index (χ1n) is 5.77. The van der Waals surface area contributed by atoms with Gasteiger partial charge in [-0.05, 0) is 38.4 Å². The van der Waals surface area contributed by atoms with Gasteiger partial charge in [-0.1, -0.05) is 0 Å². The molecule has 0 radical (unpaired) electrons. The summed E-state index contributed by atoms with van der Waals surface area (Å²) in [5, 5.41) is 9.05. The molecule has 0 aliphatic heterocycles. The average Bonchev–Trinajstić information content (AvgIpc) is 2.89. The van der Waals surface area contributed by atoms with Crippen LogP contribution in [0.2, 0.25) is 0 Å². The van der Waals surface area contributed by atoms with Gasteiger partial charge >= 0.3 is 0 Å². The quantitative estimate of drug-likeness (QED) is 0.915. The summed E-state index contributed by atoms with van der Waals surface area (Å²) in [6.45, 7) is 6.61. The lowest BCUT2D eigenvalue weighted by molar-refractivity contribution is 0.0936.